The van der Waals surface area contributed by atoms with Crippen molar-refractivity contribution in [3.8, 4) is 5.75 Å². The molecule has 0 aliphatic heterocycles. The molecule has 0 saturated heterocycles. The molecule has 0 radical (unpaired) electrons. The molecule has 1 heterocycles. The molecule has 1 aromatic heterocycles. The highest BCUT2D eigenvalue weighted by Gasteiger charge is 2.42. The summed E-state index contributed by atoms with van der Waals surface area (Å²) in [7, 11) is -2.45. The number of rotatable bonds is 3. The molecule has 1 aliphatic carbocycles. The van der Waals surface area contributed by atoms with Gasteiger partial charge in [-0.05, 0) is 36.2 Å². The van der Waals surface area contributed by atoms with Crippen LogP contribution in [0, 0.1) is 5.92 Å². The second kappa shape index (κ2) is 6.46. The highest BCUT2D eigenvalue weighted by atomic mass is 32.2. The summed E-state index contributed by atoms with van der Waals surface area (Å²) < 4.78 is 33.5. The van der Waals surface area contributed by atoms with Crippen LogP contribution in [-0.4, -0.2) is 36.5 Å². The van der Waals surface area contributed by atoms with Gasteiger partial charge >= 0.3 is 0 Å². The summed E-state index contributed by atoms with van der Waals surface area (Å²) in [6.07, 6.45) is -1.15. The van der Waals surface area contributed by atoms with Gasteiger partial charge in [-0.3, -0.25) is 4.79 Å². The SMILES string of the molecule is COc1ccc(S(=O)(=O)n2c3c(c4ccccc42)C(=O)[C@H](O)[C@H](C)[C@H]3C)cc1. The van der Waals surface area contributed by atoms with Crippen LogP contribution in [0.1, 0.15) is 35.8 Å². The fraction of sp³-hybridized carbons (Fsp3) is 0.286. The zero-order valence-electron chi connectivity index (χ0n) is 15.8. The quantitative estimate of drug-likeness (QED) is 0.731. The lowest BCUT2D eigenvalue weighted by atomic mass is 9.77. The Labute approximate surface area is 163 Å². The minimum Gasteiger partial charge on any atom is -0.497 e. The van der Waals surface area contributed by atoms with Crippen molar-refractivity contribution in [3.63, 3.8) is 0 Å². The van der Waals surface area contributed by atoms with E-state index < -0.39 is 27.8 Å². The molecule has 0 saturated carbocycles. The number of nitrogens with zero attached hydrogens (tertiary/aromatic N) is 1. The van der Waals surface area contributed by atoms with Gasteiger partial charge in [0.1, 0.15) is 11.9 Å². The number of benzene rings is 2. The summed E-state index contributed by atoms with van der Waals surface area (Å²) in [6, 6.07) is 13.1. The van der Waals surface area contributed by atoms with E-state index in [1.165, 1.54) is 23.2 Å². The monoisotopic (exact) mass is 399 g/mol. The largest absolute Gasteiger partial charge is 0.497 e. The van der Waals surface area contributed by atoms with E-state index in [4.69, 9.17) is 4.74 Å². The lowest BCUT2D eigenvalue weighted by Gasteiger charge is -2.31. The average molecular weight is 399 g/mol. The second-order valence-corrected chi connectivity index (χ2v) is 8.97. The summed E-state index contributed by atoms with van der Waals surface area (Å²) in [5.41, 5.74) is 1.16. The normalized spacial score (nSPS) is 22.3. The maximum atomic E-state index is 13.6. The van der Waals surface area contributed by atoms with Crippen molar-refractivity contribution in [2.45, 2.75) is 30.8 Å². The summed E-state index contributed by atoms with van der Waals surface area (Å²) in [4.78, 5) is 13.0. The van der Waals surface area contributed by atoms with E-state index >= 15 is 0 Å². The molecule has 0 spiro atoms. The molecular weight excluding hydrogens is 378 g/mol. The van der Waals surface area contributed by atoms with Crippen molar-refractivity contribution in [2.75, 3.05) is 7.11 Å². The van der Waals surface area contributed by atoms with Crippen molar-refractivity contribution in [1.82, 2.24) is 3.97 Å². The predicted molar refractivity (Wildman–Crippen MR) is 105 cm³/mol. The highest BCUT2D eigenvalue weighted by Crippen LogP contribution is 2.42. The fourth-order valence-corrected chi connectivity index (χ4v) is 5.55. The van der Waals surface area contributed by atoms with Crippen LogP contribution in [0.25, 0.3) is 10.9 Å². The summed E-state index contributed by atoms with van der Waals surface area (Å²) in [6.45, 7) is 3.61. The van der Waals surface area contributed by atoms with Gasteiger partial charge in [0.05, 0.1) is 23.1 Å². The van der Waals surface area contributed by atoms with Crippen molar-refractivity contribution < 1.29 is 23.1 Å². The van der Waals surface area contributed by atoms with Crippen molar-refractivity contribution in [2.24, 2.45) is 5.92 Å². The minimum absolute atomic E-state index is 0.107. The third-order valence-corrected chi connectivity index (χ3v) is 7.44. The van der Waals surface area contributed by atoms with Crippen LogP contribution in [0.15, 0.2) is 53.4 Å². The van der Waals surface area contributed by atoms with Crippen LogP contribution in [0.2, 0.25) is 0 Å². The van der Waals surface area contributed by atoms with Crippen LogP contribution in [0.3, 0.4) is 0 Å². The first-order chi connectivity index (χ1) is 13.3. The molecule has 2 aromatic carbocycles. The van der Waals surface area contributed by atoms with Gasteiger partial charge in [0.2, 0.25) is 0 Å². The summed E-state index contributed by atoms with van der Waals surface area (Å²) in [5.74, 6) is -0.587. The smallest absolute Gasteiger partial charge is 0.268 e. The molecule has 0 bridgehead atoms. The maximum Gasteiger partial charge on any atom is 0.268 e. The molecule has 4 rings (SSSR count). The van der Waals surface area contributed by atoms with E-state index in [0.717, 1.165) is 0 Å². The van der Waals surface area contributed by atoms with E-state index in [0.29, 0.717) is 27.9 Å². The number of carbonyl (C=O) groups is 1. The molecule has 6 nitrogen and oxygen atoms in total. The number of carbonyl (C=O) groups excluding carboxylic acids is 1. The van der Waals surface area contributed by atoms with Crippen molar-refractivity contribution in [1.29, 1.82) is 0 Å². The number of Topliss-reactive ketones (excluding diaryl/α,β-unsaturated/α-hetero) is 1. The van der Waals surface area contributed by atoms with Crippen LogP contribution in [-0.2, 0) is 10.0 Å². The molecule has 3 aromatic rings. The number of ether oxygens (including phenoxy) is 1. The summed E-state index contributed by atoms with van der Waals surface area (Å²) in [5, 5.41) is 10.9. The van der Waals surface area contributed by atoms with Gasteiger partial charge in [-0.25, -0.2) is 12.4 Å². The van der Waals surface area contributed by atoms with E-state index in [1.807, 2.05) is 6.92 Å². The minimum atomic E-state index is -3.96. The fourth-order valence-electron chi connectivity index (χ4n) is 3.92. The van der Waals surface area contributed by atoms with Crippen LogP contribution in [0.4, 0.5) is 0 Å². The molecule has 7 heteroatoms. The third kappa shape index (κ3) is 2.50. The van der Waals surface area contributed by atoms with Gasteiger partial charge in [0.25, 0.3) is 10.0 Å². The lowest BCUT2D eigenvalue weighted by Crippen LogP contribution is -2.38. The molecule has 1 N–H and O–H groups in total. The molecule has 146 valence electrons. The molecule has 1 aliphatic rings. The van der Waals surface area contributed by atoms with Crippen molar-refractivity contribution >= 4 is 26.7 Å². The highest BCUT2D eigenvalue weighted by molar-refractivity contribution is 7.90. The zero-order valence-corrected chi connectivity index (χ0v) is 16.6. The van der Waals surface area contributed by atoms with E-state index in [9.17, 15) is 18.3 Å². The molecule has 0 fully saturated rings. The Kier molecular flexibility index (Phi) is 4.32. The number of para-hydroxylation sites is 1. The Hall–Kier alpha value is -2.64. The van der Waals surface area contributed by atoms with Gasteiger partial charge in [-0.2, -0.15) is 0 Å². The third-order valence-electron chi connectivity index (χ3n) is 5.70. The number of aliphatic hydroxyl groups is 1. The van der Waals surface area contributed by atoms with Crippen molar-refractivity contribution in [3.05, 3.63) is 59.8 Å². The van der Waals surface area contributed by atoms with E-state index in [-0.39, 0.29) is 10.8 Å². The molecule has 0 amide bonds. The predicted octanol–water partition coefficient (Wildman–Crippen LogP) is 3.18. The molecular formula is C21H21NO5S. The number of hydrogen-bond acceptors (Lipinski definition) is 5. The Balaban J connectivity index is 2.06. The average Bonchev–Trinajstić information content (AvgIpc) is 3.07. The first-order valence-corrected chi connectivity index (χ1v) is 10.5. The van der Waals surface area contributed by atoms with Gasteiger partial charge in [-0.15, -0.1) is 0 Å². The Morgan fingerprint density at radius 2 is 1.68 bits per heavy atom. The number of aliphatic hydroxyl groups excluding tert-OH is 1. The number of fused-ring (bicyclic) bond motifs is 3. The number of hydrogen-bond donors (Lipinski definition) is 1. The topological polar surface area (TPSA) is 85.6 Å². The number of ketones is 1. The van der Waals surface area contributed by atoms with Crippen LogP contribution >= 0.6 is 0 Å². The first kappa shape index (κ1) is 18.7. The van der Waals surface area contributed by atoms with Crippen LogP contribution in [0.5, 0.6) is 5.75 Å². The van der Waals surface area contributed by atoms with Crippen LogP contribution < -0.4 is 4.74 Å². The second-order valence-electron chi connectivity index (χ2n) is 7.18. The Morgan fingerprint density at radius 1 is 1.04 bits per heavy atom. The lowest BCUT2D eigenvalue weighted by molar-refractivity contribution is 0.0554. The Morgan fingerprint density at radius 3 is 2.32 bits per heavy atom. The van der Waals surface area contributed by atoms with E-state index in [1.54, 1.807) is 43.3 Å². The standard InChI is InChI=1S/C21H21NO5S/c1-12-13(2)20(23)21(24)18-16-6-4-5-7-17(16)22(19(12)18)28(25,26)15-10-8-14(27-3)9-11-15/h4-13,20,23H,1-3H3/t12-,13-,20-/m1/s1. The van der Waals surface area contributed by atoms with Gasteiger partial charge < -0.3 is 9.84 Å². The number of aromatic nitrogens is 1. The molecule has 0 unspecified atom stereocenters. The Bertz CT molecular complexity index is 1180. The van der Waals surface area contributed by atoms with E-state index in [2.05, 4.69) is 0 Å². The van der Waals surface area contributed by atoms with Gasteiger partial charge in [-0.1, -0.05) is 32.0 Å². The first-order valence-electron chi connectivity index (χ1n) is 9.04. The maximum absolute atomic E-state index is 13.6. The molecule has 3 atom stereocenters. The zero-order chi connectivity index (χ0) is 20.2. The number of methoxy groups -OCH3 is 1. The van der Waals surface area contributed by atoms with Gasteiger partial charge in [0, 0.05) is 17.0 Å². The van der Waals surface area contributed by atoms with Gasteiger partial charge in [0.15, 0.2) is 5.78 Å². The molecule has 28 heavy (non-hydrogen) atoms. The summed E-state index contributed by atoms with van der Waals surface area (Å²) >= 11 is 0.